The van der Waals surface area contributed by atoms with Gasteiger partial charge in [0.2, 0.25) is 5.91 Å². The molecule has 2 bridgehead atoms. The van der Waals surface area contributed by atoms with Crippen LogP contribution in [0.2, 0.25) is 0 Å². The lowest BCUT2D eigenvalue weighted by Crippen LogP contribution is -2.62. The third-order valence-electron chi connectivity index (χ3n) is 9.05. The molecule has 6 rings (SSSR count). The van der Waals surface area contributed by atoms with Crippen molar-refractivity contribution in [1.82, 2.24) is 15.1 Å². The lowest BCUT2D eigenvalue weighted by molar-refractivity contribution is -0.132. The minimum absolute atomic E-state index is 0.0203. The second-order valence-corrected chi connectivity index (χ2v) is 13.3. The van der Waals surface area contributed by atoms with E-state index in [1.165, 1.54) is 12.1 Å². The van der Waals surface area contributed by atoms with E-state index in [0.29, 0.717) is 45.0 Å². The average Bonchev–Trinajstić information content (AvgIpc) is 3.92. The summed E-state index contributed by atoms with van der Waals surface area (Å²) in [4.78, 5) is 30.7. The van der Waals surface area contributed by atoms with Gasteiger partial charge in [-0.1, -0.05) is 24.3 Å². The number of rotatable bonds is 13. The lowest BCUT2D eigenvalue weighted by Gasteiger charge is -2.44. The van der Waals surface area contributed by atoms with Crippen molar-refractivity contribution in [2.24, 2.45) is 0 Å². The van der Waals surface area contributed by atoms with E-state index in [4.69, 9.17) is 14.2 Å². The molecular formula is C37H41BrFN3O5. The normalized spacial score (nSPS) is 18.9. The maximum Gasteiger partial charge on any atom is 0.252 e. The molecule has 10 heteroatoms. The first kappa shape index (κ1) is 33.0. The third-order valence-corrected chi connectivity index (χ3v) is 9.71. The van der Waals surface area contributed by atoms with Crippen LogP contribution >= 0.6 is 15.9 Å². The van der Waals surface area contributed by atoms with Crippen LogP contribution in [-0.2, 0) is 16.0 Å². The number of amides is 2. The molecule has 2 amide bonds. The summed E-state index contributed by atoms with van der Waals surface area (Å²) < 4.78 is 31.4. The number of aryl methyl sites for hydroxylation is 1. The SMILES string of the molecule is COc1ccc(OCCN(C(=O)C2=C(c3ccc(CCCOc4cc(F)ccc4Br)cc3)C[C@@H]3CN(C(C)=O)C[C@H]2N3)C2CC2)cc1. The molecule has 2 heterocycles. The van der Waals surface area contributed by atoms with Gasteiger partial charge in [0.15, 0.2) is 0 Å². The molecule has 2 aliphatic heterocycles. The van der Waals surface area contributed by atoms with E-state index in [-0.39, 0.29) is 35.8 Å². The van der Waals surface area contributed by atoms with Gasteiger partial charge < -0.3 is 29.3 Å². The molecule has 1 aliphatic carbocycles. The Morgan fingerprint density at radius 3 is 2.43 bits per heavy atom. The second kappa shape index (κ2) is 14.9. The Kier molecular flexibility index (Phi) is 10.5. The third kappa shape index (κ3) is 8.16. The molecule has 3 aromatic carbocycles. The zero-order valence-corrected chi connectivity index (χ0v) is 28.4. The molecule has 0 aromatic heterocycles. The monoisotopic (exact) mass is 705 g/mol. The Balaban J connectivity index is 1.17. The molecule has 2 fully saturated rings. The van der Waals surface area contributed by atoms with Gasteiger partial charge >= 0.3 is 0 Å². The van der Waals surface area contributed by atoms with Crippen LogP contribution in [0.4, 0.5) is 4.39 Å². The van der Waals surface area contributed by atoms with Crippen molar-refractivity contribution in [3.05, 3.63) is 93.7 Å². The van der Waals surface area contributed by atoms with Crippen LogP contribution in [-0.4, -0.2) is 79.7 Å². The number of fused-ring (bicyclic) bond motifs is 2. The maximum absolute atomic E-state index is 14.5. The number of methoxy groups -OCH3 is 1. The molecule has 248 valence electrons. The van der Waals surface area contributed by atoms with Gasteiger partial charge in [0.1, 0.15) is 29.7 Å². The molecule has 8 nitrogen and oxygen atoms in total. The summed E-state index contributed by atoms with van der Waals surface area (Å²) in [6, 6.07) is 20.4. The molecular weight excluding hydrogens is 665 g/mol. The highest BCUT2D eigenvalue weighted by Crippen LogP contribution is 2.37. The molecule has 2 atom stereocenters. The van der Waals surface area contributed by atoms with Crippen LogP contribution < -0.4 is 19.5 Å². The maximum atomic E-state index is 14.5. The highest BCUT2D eigenvalue weighted by molar-refractivity contribution is 9.10. The van der Waals surface area contributed by atoms with E-state index < -0.39 is 0 Å². The highest BCUT2D eigenvalue weighted by Gasteiger charge is 2.42. The molecule has 1 saturated heterocycles. The van der Waals surface area contributed by atoms with Crippen molar-refractivity contribution in [1.29, 1.82) is 0 Å². The van der Waals surface area contributed by atoms with E-state index in [2.05, 4.69) is 45.5 Å². The predicted molar refractivity (Wildman–Crippen MR) is 182 cm³/mol. The van der Waals surface area contributed by atoms with Crippen molar-refractivity contribution >= 4 is 33.3 Å². The summed E-state index contributed by atoms with van der Waals surface area (Å²) in [6.45, 7) is 4.02. The number of benzene rings is 3. The number of carbonyl (C=O) groups excluding carboxylic acids is 2. The fourth-order valence-corrected chi connectivity index (χ4v) is 6.83. The summed E-state index contributed by atoms with van der Waals surface area (Å²) >= 11 is 3.41. The molecule has 3 aliphatic rings. The van der Waals surface area contributed by atoms with E-state index in [1.807, 2.05) is 34.1 Å². The van der Waals surface area contributed by atoms with Gasteiger partial charge in [-0.25, -0.2) is 4.39 Å². The van der Waals surface area contributed by atoms with Gasteiger partial charge in [-0.2, -0.15) is 0 Å². The number of nitrogens with one attached hydrogen (secondary N) is 1. The summed E-state index contributed by atoms with van der Waals surface area (Å²) in [6.07, 6.45) is 4.20. The van der Waals surface area contributed by atoms with E-state index in [9.17, 15) is 14.0 Å². The first-order valence-electron chi connectivity index (χ1n) is 16.3. The largest absolute Gasteiger partial charge is 0.497 e. The van der Waals surface area contributed by atoms with Gasteiger partial charge in [-0.15, -0.1) is 0 Å². The smallest absolute Gasteiger partial charge is 0.252 e. The summed E-state index contributed by atoms with van der Waals surface area (Å²) in [7, 11) is 1.63. The van der Waals surface area contributed by atoms with Gasteiger partial charge in [0, 0.05) is 43.7 Å². The molecule has 1 N–H and O–H groups in total. The number of nitrogens with zero attached hydrogens (tertiary/aromatic N) is 2. The Hall–Kier alpha value is -3.89. The molecule has 0 radical (unpaired) electrons. The first-order valence-corrected chi connectivity index (χ1v) is 17.1. The zero-order valence-electron chi connectivity index (χ0n) is 26.8. The van der Waals surface area contributed by atoms with Crippen LogP contribution in [0.5, 0.6) is 17.2 Å². The van der Waals surface area contributed by atoms with E-state index in [1.54, 1.807) is 20.1 Å². The average molecular weight is 707 g/mol. The topological polar surface area (TPSA) is 80.3 Å². The van der Waals surface area contributed by atoms with Gasteiger partial charge in [-0.3, -0.25) is 9.59 Å². The fourth-order valence-electron chi connectivity index (χ4n) is 6.47. The minimum atomic E-state index is -0.329. The fraction of sp³-hybridized carbons (Fsp3) is 0.405. The number of hydrogen-bond donors (Lipinski definition) is 1. The summed E-state index contributed by atoms with van der Waals surface area (Å²) in [5, 5.41) is 3.66. The van der Waals surface area contributed by atoms with Crippen LogP contribution in [0.25, 0.3) is 5.57 Å². The van der Waals surface area contributed by atoms with E-state index >= 15 is 0 Å². The van der Waals surface area contributed by atoms with E-state index in [0.717, 1.165) is 63.9 Å². The molecule has 47 heavy (non-hydrogen) atoms. The van der Waals surface area contributed by atoms with Crippen LogP contribution in [0, 0.1) is 5.82 Å². The van der Waals surface area contributed by atoms with Crippen molar-refractivity contribution in [3.8, 4) is 17.2 Å². The van der Waals surface area contributed by atoms with Gasteiger partial charge in [0.25, 0.3) is 5.91 Å². The van der Waals surface area contributed by atoms with Crippen molar-refractivity contribution in [3.63, 3.8) is 0 Å². The molecule has 0 spiro atoms. The number of hydrogen-bond acceptors (Lipinski definition) is 6. The minimum Gasteiger partial charge on any atom is -0.497 e. The Bertz CT molecular complexity index is 1610. The number of carbonyl (C=O) groups is 2. The molecule has 1 saturated carbocycles. The number of ether oxygens (including phenoxy) is 3. The van der Waals surface area contributed by atoms with Gasteiger partial charge in [-0.05, 0) is 101 Å². The van der Waals surface area contributed by atoms with Crippen LogP contribution in [0.3, 0.4) is 0 Å². The summed E-state index contributed by atoms with van der Waals surface area (Å²) in [5.41, 5.74) is 4.01. The van der Waals surface area contributed by atoms with Crippen LogP contribution in [0.15, 0.2) is 76.8 Å². The lowest BCUT2D eigenvalue weighted by atomic mass is 9.82. The first-order chi connectivity index (χ1) is 22.8. The molecule has 3 aromatic rings. The summed E-state index contributed by atoms with van der Waals surface area (Å²) in [5.74, 6) is 1.71. The van der Waals surface area contributed by atoms with Crippen LogP contribution in [0.1, 0.15) is 43.7 Å². The van der Waals surface area contributed by atoms with Crippen molar-refractivity contribution < 1.29 is 28.2 Å². The Morgan fingerprint density at radius 1 is 0.979 bits per heavy atom. The zero-order chi connectivity index (χ0) is 32.9. The highest BCUT2D eigenvalue weighted by atomic mass is 79.9. The van der Waals surface area contributed by atoms with Gasteiger partial charge in [0.05, 0.1) is 30.8 Å². The Morgan fingerprint density at radius 2 is 1.72 bits per heavy atom. The Labute approximate surface area is 284 Å². The van der Waals surface area contributed by atoms with Crippen molar-refractivity contribution in [2.45, 2.75) is 57.2 Å². The number of halogens is 2. The number of piperazine rings is 1. The molecule has 0 unspecified atom stereocenters. The second-order valence-electron chi connectivity index (χ2n) is 12.4. The van der Waals surface area contributed by atoms with Crippen molar-refractivity contribution in [2.75, 3.05) is 40.0 Å². The quantitative estimate of drug-likeness (QED) is 0.219. The predicted octanol–water partition coefficient (Wildman–Crippen LogP) is 6.02. The standard InChI is InChI=1S/C37H41BrFN3O5/c1-24(43)41-22-28-21-32(26-7-5-25(6-8-26)4-3-18-47-35-20-27(39)9-16-33(35)38)36(34(23-41)40-28)37(44)42(29-10-11-29)17-19-46-31-14-12-30(45-2)13-15-31/h5-9,12-16,20,28-29,34,40H,3-4,10-11,17-19,21-23H2,1-2H3/t28-,34-/m1/s1.